The van der Waals surface area contributed by atoms with Gasteiger partial charge in [0.15, 0.2) is 0 Å². The second kappa shape index (κ2) is 10.2. The van der Waals surface area contributed by atoms with E-state index in [1.54, 1.807) is 36.4 Å². The van der Waals surface area contributed by atoms with Gasteiger partial charge in [-0.3, -0.25) is 14.4 Å². The summed E-state index contributed by atoms with van der Waals surface area (Å²) in [5, 5.41) is 3.20. The van der Waals surface area contributed by atoms with Crippen molar-refractivity contribution in [3.8, 4) is 0 Å². The van der Waals surface area contributed by atoms with Crippen LogP contribution in [0.1, 0.15) is 27.7 Å². The monoisotopic (exact) mass is 479 g/mol. The van der Waals surface area contributed by atoms with Gasteiger partial charge in [0.05, 0.1) is 33.9 Å². The molecule has 1 saturated heterocycles. The van der Waals surface area contributed by atoms with Gasteiger partial charge in [0.25, 0.3) is 10.0 Å². The predicted octanol–water partition coefficient (Wildman–Crippen LogP) is 4.21. The van der Waals surface area contributed by atoms with E-state index in [1.165, 1.54) is 12.1 Å². The van der Waals surface area contributed by atoms with Gasteiger partial charge in [-0.05, 0) is 50.1 Å². The van der Waals surface area contributed by atoms with Crippen molar-refractivity contribution in [2.45, 2.75) is 50.8 Å². The van der Waals surface area contributed by atoms with Crippen molar-refractivity contribution >= 4 is 38.9 Å². The van der Waals surface area contributed by atoms with E-state index in [9.17, 15) is 13.2 Å². The van der Waals surface area contributed by atoms with Gasteiger partial charge in [0.1, 0.15) is 0 Å². The molecule has 32 heavy (non-hydrogen) atoms. The molecule has 0 bridgehead atoms. The molecule has 1 fully saturated rings. The average molecular weight is 480 g/mol. The number of rotatable bonds is 7. The van der Waals surface area contributed by atoms with Crippen molar-refractivity contribution in [1.82, 2.24) is 4.90 Å². The van der Waals surface area contributed by atoms with Crippen molar-refractivity contribution in [2.75, 3.05) is 23.1 Å². The summed E-state index contributed by atoms with van der Waals surface area (Å²) < 4.78 is 34.0. The average Bonchev–Trinajstić information content (AvgIpc) is 2.69. The minimum Gasteiger partial charge on any atom is -0.373 e. The van der Waals surface area contributed by atoms with Crippen LogP contribution in [0.4, 0.5) is 11.4 Å². The number of nitrogens with one attached hydrogen (secondary N) is 2. The third kappa shape index (κ3) is 6.01. The summed E-state index contributed by atoms with van der Waals surface area (Å²) in [5.41, 5.74) is 0.705. The number of para-hydroxylation sites is 1. The third-order valence-electron chi connectivity index (χ3n) is 5.27. The van der Waals surface area contributed by atoms with Crippen LogP contribution in [0, 0.1) is 5.92 Å². The number of amides is 1. The summed E-state index contributed by atoms with van der Waals surface area (Å²) in [6, 6.07) is 12.4. The molecular formula is C23H30ClN3O4S. The summed E-state index contributed by atoms with van der Waals surface area (Å²) in [6.07, 6.45) is 0.0781. The van der Waals surface area contributed by atoms with E-state index in [4.69, 9.17) is 16.3 Å². The fourth-order valence-corrected chi connectivity index (χ4v) is 5.40. The first kappa shape index (κ1) is 24.5. The number of halogens is 1. The normalized spacial score (nSPS) is 20.7. The first-order valence-electron chi connectivity index (χ1n) is 10.6. The SMILES string of the molecule is CC1CN(C(C(=O)Nc2cccc(S(=O)(=O)Nc3ccccc3Cl)c2)C(C)C)CC(C)O1. The van der Waals surface area contributed by atoms with Gasteiger partial charge >= 0.3 is 0 Å². The first-order valence-corrected chi connectivity index (χ1v) is 12.5. The number of carbonyl (C=O) groups excluding carboxylic acids is 1. The van der Waals surface area contributed by atoms with Gasteiger partial charge in [-0.25, -0.2) is 8.42 Å². The van der Waals surface area contributed by atoms with E-state index >= 15 is 0 Å². The van der Waals surface area contributed by atoms with Crippen molar-refractivity contribution in [1.29, 1.82) is 0 Å². The number of nitrogens with zero attached hydrogens (tertiary/aromatic N) is 1. The molecule has 0 spiro atoms. The van der Waals surface area contributed by atoms with Crippen LogP contribution < -0.4 is 10.0 Å². The first-order chi connectivity index (χ1) is 15.1. The zero-order chi connectivity index (χ0) is 23.5. The number of ether oxygens (including phenoxy) is 1. The molecule has 1 amide bonds. The van der Waals surface area contributed by atoms with Gasteiger partial charge in [-0.2, -0.15) is 0 Å². The Morgan fingerprint density at radius 3 is 2.38 bits per heavy atom. The molecule has 2 aromatic carbocycles. The number of anilines is 2. The minimum absolute atomic E-state index is 0.0323. The molecule has 0 aromatic heterocycles. The molecule has 3 unspecified atom stereocenters. The maximum absolute atomic E-state index is 13.2. The number of hydrogen-bond acceptors (Lipinski definition) is 5. The Labute approximate surface area is 195 Å². The zero-order valence-corrected chi connectivity index (χ0v) is 20.3. The number of sulfonamides is 1. The maximum Gasteiger partial charge on any atom is 0.262 e. The Hall–Kier alpha value is -2.13. The maximum atomic E-state index is 13.2. The predicted molar refractivity (Wildman–Crippen MR) is 128 cm³/mol. The lowest BCUT2D eigenvalue weighted by Gasteiger charge is -2.41. The van der Waals surface area contributed by atoms with Crippen molar-refractivity contribution in [3.63, 3.8) is 0 Å². The van der Waals surface area contributed by atoms with E-state index < -0.39 is 10.0 Å². The molecule has 1 aliphatic heterocycles. The number of carbonyl (C=O) groups is 1. The van der Waals surface area contributed by atoms with Crippen LogP contribution in [0.3, 0.4) is 0 Å². The number of morpholine rings is 1. The summed E-state index contributed by atoms with van der Waals surface area (Å²) >= 11 is 6.08. The lowest BCUT2D eigenvalue weighted by Crippen LogP contribution is -2.55. The molecule has 0 aliphatic carbocycles. The summed E-state index contributed by atoms with van der Waals surface area (Å²) in [6.45, 7) is 9.33. The minimum atomic E-state index is -3.88. The van der Waals surface area contributed by atoms with Crippen molar-refractivity contribution in [3.05, 3.63) is 53.6 Å². The topological polar surface area (TPSA) is 87.7 Å². The summed E-state index contributed by atoms with van der Waals surface area (Å²) in [4.78, 5) is 15.4. The van der Waals surface area contributed by atoms with Crippen LogP contribution in [0.25, 0.3) is 0 Å². The lowest BCUT2D eigenvalue weighted by molar-refractivity contribution is -0.130. The molecule has 7 nitrogen and oxygen atoms in total. The van der Waals surface area contributed by atoms with Crippen LogP contribution in [0.15, 0.2) is 53.4 Å². The number of benzene rings is 2. The second-order valence-electron chi connectivity index (χ2n) is 8.50. The highest BCUT2D eigenvalue weighted by atomic mass is 35.5. The van der Waals surface area contributed by atoms with Crippen molar-refractivity contribution in [2.24, 2.45) is 5.92 Å². The molecule has 0 radical (unpaired) electrons. The van der Waals surface area contributed by atoms with E-state index in [1.807, 2.05) is 27.7 Å². The van der Waals surface area contributed by atoms with E-state index in [0.29, 0.717) is 29.5 Å². The van der Waals surface area contributed by atoms with Crippen LogP contribution >= 0.6 is 11.6 Å². The molecule has 0 saturated carbocycles. The van der Waals surface area contributed by atoms with Crippen LogP contribution in [-0.4, -0.2) is 50.6 Å². The Morgan fingerprint density at radius 2 is 1.75 bits per heavy atom. The summed E-state index contributed by atoms with van der Waals surface area (Å²) in [5.74, 6) is -0.101. The molecule has 1 aliphatic rings. The highest BCUT2D eigenvalue weighted by Gasteiger charge is 2.34. The quantitative estimate of drug-likeness (QED) is 0.621. The van der Waals surface area contributed by atoms with E-state index in [0.717, 1.165) is 0 Å². The molecule has 174 valence electrons. The fraction of sp³-hybridized carbons (Fsp3) is 0.435. The van der Waals surface area contributed by atoms with Gasteiger partial charge in [0.2, 0.25) is 5.91 Å². The molecule has 9 heteroatoms. The number of hydrogen-bond donors (Lipinski definition) is 2. The standard InChI is InChI=1S/C23H30ClN3O4S/c1-15(2)22(27-13-16(3)31-17(4)14-27)23(28)25-18-8-7-9-19(12-18)32(29,30)26-21-11-6-5-10-20(21)24/h5-12,15-17,22,26H,13-14H2,1-4H3,(H,25,28). The Morgan fingerprint density at radius 1 is 1.09 bits per heavy atom. The van der Waals surface area contributed by atoms with Crippen molar-refractivity contribution < 1.29 is 17.9 Å². The summed E-state index contributed by atoms with van der Waals surface area (Å²) in [7, 11) is -3.88. The molecule has 2 aromatic rings. The molecule has 3 atom stereocenters. The second-order valence-corrected chi connectivity index (χ2v) is 10.6. The van der Waals surface area contributed by atoms with E-state index in [2.05, 4.69) is 14.9 Å². The Bertz CT molecular complexity index is 1050. The third-order valence-corrected chi connectivity index (χ3v) is 6.96. The molecule has 3 rings (SSSR count). The lowest BCUT2D eigenvalue weighted by atomic mass is 9.99. The fourth-order valence-electron chi connectivity index (χ4n) is 4.04. The van der Waals surface area contributed by atoms with Gasteiger partial charge in [0, 0.05) is 18.8 Å². The van der Waals surface area contributed by atoms with Crippen LogP contribution in [0.2, 0.25) is 5.02 Å². The van der Waals surface area contributed by atoms with Crippen LogP contribution in [-0.2, 0) is 19.6 Å². The smallest absolute Gasteiger partial charge is 0.262 e. The molecule has 1 heterocycles. The van der Waals surface area contributed by atoms with Gasteiger partial charge < -0.3 is 10.1 Å². The Kier molecular flexibility index (Phi) is 7.82. The van der Waals surface area contributed by atoms with Gasteiger partial charge in [-0.15, -0.1) is 0 Å². The zero-order valence-electron chi connectivity index (χ0n) is 18.7. The van der Waals surface area contributed by atoms with Gasteiger partial charge in [-0.1, -0.05) is 43.6 Å². The van der Waals surface area contributed by atoms with E-state index in [-0.39, 0.29) is 35.0 Å². The highest BCUT2D eigenvalue weighted by molar-refractivity contribution is 7.92. The molecular weight excluding hydrogens is 450 g/mol. The highest BCUT2D eigenvalue weighted by Crippen LogP contribution is 2.26. The largest absolute Gasteiger partial charge is 0.373 e. The van der Waals surface area contributed by atoms with Crippen LogP contribution in [0.5, 0.6) is 0 Å². The molecule has 2 N–H and O–H groups in total. The Balaban J connectivity index is 1.78.